The fourth-order valence-electron chi connectivity index (χ4n) is 1.53. The number of aryl methyl sites for hydroxylation is 1. The first kappa shape index (κ1) is 6.65. The Balaban J connectivity index is 2.60. The minimum Gasteiger partial charge on any atom is -0.325 e. The lowest BCUT2D eigenvalue weighted by molar-refractivity contribution is 1.11. The summed E-state index contributed by atoms with van der Waals surface area (Å²) in [4.78, 5) is 11.8. The Kier molecular flexibility index (Phi) is 1.07. The van der Waals surface area contributed by atoms with Crippen LogP contribution in [0.1, 0.15) is 5.82 Å². The molecule has 0 fully saturated rings. The highest BCUT2D eigenvalue weighted by Gasteiger charge is 2.06. The van der Waals surface area contributed by atoms with Crippen molar-refractivity contribution in [2.45, 2.75) is 6.92 Å². The second-order valence-corrected chi connectivity index (χ2v) is 3.04. The third kappa shape index (κ3) is 0.796. The molecule has 3 rings (SSSR count). The summed E-state index contributed by atoms with van der Waals surface area (Å²) in [5.41, 5.74) is 2.67. The third-order valence-electron chi connectivity index (χ3n) is 2.08. The molecule has 0 radical (unpaired) electrons. The highest BCUT2D eigenvalue weighted by molar-refractivity contribution is 5.73. The quantitative estimate of drug-likeness (QED) is 0.558. The molecule has 0 amide bonds. The average Bonchev–Trinajstić information content (AvgIpc) is 2.60. The summed E-state index contributed by atoms with van der Waals surface area (Å²) in [7, 11) is 0. The van der Waals surface area contributed by atoms with Crippen molar-refractivity contribution in [3.63, 3.8) is 0 Å². The number of hydrogen-bond donors (Lipinski definition) is 1. The Labute approximate surface area is 74.2 Å². The van der Waals surface area contributed by atoms with E-state index in [1.807, 2.05) is 35.7 Å². The van der Waals surface area contributed by atoms with Crippen molar-refractivity contribution in [3.05, 3.63) is 30.2 Å². The van der Waals surface area contributed by atoms with Crippen molar-refractivity contribution in [2.75, 3.05) is 0 Å². The molecule has 13 heavy (non-hydrogen) atoms. The monoisotopic (exact) mass is 172 g/mol. The van der Waals surface area contributed by atoms with Gasteiger partial charge in [-0.2, -0.15) is 0 Å². The number of rotatable bonds is 0. The van der Waals surface area contributed by atoms with Crippen molar-refractivity contribution >= 4 is 16.9 Å². The molecule has 0 aliphatic carbocycles. The maximum absolute atomic E-state index is 4.38. The summed E-state index contributed by atoms with van der Waals surface area (Å²) < 4.78 is 1.97. The van der Waals surface area contributed by atoms with E-state index < -0.39 is 0 Å². The van der Waals surface area contributed by atoms with Gasteiger partial charge < -0.3 is 4.98 Å². The maximum atomic E-state index is 4.38. The van der Waals surface area contributed by atoms with E-state index in [9.17, 15) is 0 Å². The van der Waals surface area contributed by atoms with Gasteiger partial charge in [0.25, 0.3) is 0 Å². The zero-order valence-corrected chi connectivity index (χ0v) is 7.15. The second-order valence-electron chi connectivity index (χ2n) is 3.04. The summed E-state index contributed by atoms with van der Waals surface area (Å²) in [6, 6.07) is 5.90. The molecule has 0 aliphatic heterocycles. The molecule has 3 heterocycles. The number of imidazole rings is 2. The van der Waals surface area contributed by atoms with Crippen molar-refractivity contribution in [1.29, 1.82) is 0 Å². The normalized spacial score (nSPS) is 11.5. The molecule has 3 aromatic rings. The largest absolute Gasteiger partial charge is 0.325 e. The van der Waals surface area contributed by atoms with Crippen LogP contribution in [-0.2, 0) is 0 Å². The molecule has 0 aliphatic rings. The van der Waals surface area contributed by atoms with Gasteiger partial charge in [-0.05, 0) is 19.1 Å². The lowest BCUT2D eigenvalue weighted by Gasteiger charge is -1.89. The molecular weight excluding hydrogens is 164 g/mol. The number of nitrogens with zero attached hydrogens (tertiary/aromatic N) is 3. The van der Waals surface area contributed by atoms with Gasteiger partial charge >= 0.3 is 0 Å². The van der Waals surface area contributed by atoms with Gasteiger partial charge in [0.1, 0.15) is 11.5 Å². The minimum absolute atomic E-state index is 0.851. The second kappa shape index (κ2) is 2.10. The van der Waals surface area contributed by atoms with Crippen LogP contribution in [0, 0.1) is 6.92 Å². The van der Waals surface area contributed by atoms with Crippen molar-refractivity contribution in [1.82, 2.24) is 19.4 Å². The first-order valence-electron chi connectivity index (χ1n) is 4.14. The number of fused-ring (bicyclic) bond motifs is 3. The third-order valence-corrected chi connectivity index (χ3v) is 2.08. The Bertz CT molecular complexity index is 575. The van der Waals surface area contributed by atoms with E-state index in [1.165, 1.54) is 0 Å². The molecule has 4 nitrogen and oxygen atoms in total. The molecule has 0 aromatic carbocycles. The fraction of sp³-hybridized carbons (Fsp3) is 0.111. The van der Waals surface area contributed by atoms with Crippen LogP contribution in [0.15, 0.2) is 24.4 Å². The number of pyridine rings is 1. The Morgan fingerprint density at radius 2 is 2.23 bits per heavy atom. The lowest BCUT2D eigenvalue weighted by atomic mass is 10.5. The van der Waals surface area contributed by atoms with E-state index in [4.69, 9.17) is 0 Å². The summed E-state index contributed by atoms with van der Waals surface area (Å²) in [5, 5.41) is 0. The zero-order chi connectivity index (χ0) is 8.84. The predicted octanol–water partition coefficient (Wildman–Crippen LogP) is 1.52. The summed E-state index contributed by atoms with van der Waals surface area (Å²) >= 11 is 0. The first-order valence-corrected chi connectivity index (χ1v) is 4.14. The van der Waals surface area contributed by atoms with Gasteiger partial charge in [-0.25, -0.2) is 9.97 Å². The topological polar surface area (TPSA) is 46.0 Å². The molecule has 0 atom stereocenters. The number of aromatic amines is 1. The van der Waals surface area contributed by atoms with Crippen LogP contribution >= 0.6 is 0 Å². The molecule has 64 valence electrons. The van der Waals surface area contributed by atoms with E-state index in [-0.39, 0.29) is 0 Å². The predicted molar refractivity (Wildman–Crippen MR) is 49.6 cm³/mol. The van der Waals surface area contributed by atoms with Crippen molar-refractivity contribution in [2.24, 2.45) is 0 Å². The van der Waals surface area contributed by atoms with Crippen LogP contribution in [0.2, 0.25) is 0 Å². The van der Waals surface area contributed by atoms with Crippen LogP contribution in [0.3, 0.4) is 0 Å². The highest BCUT2D eigenvalue weighted by Crippen LogP contribution is 2.12. The SMILES string of the molecule is Cc1nc2c(nc3ccccn32)[nH]1. The molecule has 4 heteroatoms. The summed E-state index contributed by atoms with van der Waals surface area (Å²) in [5.74, 6) is 0.899. The molecule has 0 saturated carbocycles. The number of aromatic nitrogens is 4. The van der Waals surface area contributed by atoms with Crippen LogP contribution in [0.25, 0.3) is 16.9 Å². The molecule has 0 spiro atoms. The van der Waals surface area contributed by atoms with Crippen LogP contribution in [-0.4, -0.2) is 19.4 Å². The lowest BCUT2D eigenvalue weighted by Crippen LogP contribution is -1.83. The number of hydrogen-bond acceptors (Lipinski definition) is 2. The van der Waals surface area contributed by atoms with E-state index in [0.29, 0.717) is 0 Å². The van der Waals surface area contributed by atoms with Crippen molar-refractivity contribution in [3.8, 4) is 0 Å². The van der Waals surface area contributed by atoms with Crippen LogP contribution in [0.5, 0.6) is 0 Å². The molecule has 0 saturated heterocycles. The maximum Gasteiger partial charge on any atom is 0.183 e. The Morgan fingerprint density at radius 1 is 1.31 bits per heavy atom. The van der Waals surface area contributed by atoms with E-state index in [2.05, 4.69) is 15.0 Å². The van der Waals surface area contributed by atoms with Gasteiger partial charge in [0, 0.05) is 6.20 Å². The zero-order valence-electron chi connectivity index (χ0n) is 7.15. The Hall–Kier alpha value is -1.84. The van der Waals surface area contributed by atoms with E-state index >= 15 is 0 Å². The van der Waals surface area contributed by atoms with Gasteiger partial charge in [-0.15, -0.1) is 0 Å². The molecule has 1 N–H and O–H groups in total. The van der Waals surface area contributed by atoms with E-state index in [1.54, 1.807) is 0 Å². The first-order chi connectivity index (χ1) is 6.34. The number of H-pyrrole nitrogens is 1. The van der Waals surface area contributed by atoms with Gasteiger partial charge in [0.05, 0.1) is 0 Å². The summed E-state index contributed by atoms with van der Waals surface area (Å²) in [6.07, 6.45) is 1.96. The number of nitrogens with one attached hydrogen (secondary N) is 1. The van der Waals surface area contributed by atoms with Crippen LogP contribution < -0.4 is 0 Å². The molecule has 0 bridgehead atoms. The van der Waals surface area contributed by atoms with Gasteiger partial charge in [-0.3, -0.25) is 4.40 Å². The molecule has 0 unspecified atom stereocenters. The standard InChI is InChI=1S/C9H8N4/c1-6-10-8-9(11-6)13-5-3-2-4-7(13)12-8/h2-5H,1H3,(H,10,11). The van der Waals surface area contributed by atoms with Crippen molar-refractivity contribution < 1.29 is 0 Å². The van der Waals surface area contributed by atoms with Gasteiger partial charge in [0.2, 0.25) is 0 Å². The summed E-state index contributed by atoms with van der Waals surface area (Å²) in [6.45, 7) is 1.93. The minimum atomic E-state index is 0.851. The average molecular weight is 172 g/mol. The molecule has 3 aromatic heterocycles. The highest BCUT2D eigenvalue weighted by atomic mass is 15.1. The van der Waals surface area contributed by atoms with Gasteiger partial charge in [-0.1, -0.05) is 6.07 Å². The molecular formula is C9H8N4. The van der Waals surface area contributed by atoms with E-state index in [0.717, 1.165) is 22.8 Å². The Morgan fingerprint density at radius 3 is 3.15 bits per heavy atom. The van der Waals surface area contributed by atoms with Crippen LogP contribution in [0.4, 0.5) is 0 Å². The fourth-order valence-corrected chi connectivity index (χ4v) is 1.53. The van der Waals surface area contributed by atoms with Gasteiger partial charge in [0.15, 0.2) is 11.3 Å². The smallest absolute Gasteiger partial charge is 0.183 e.